The molecule has 0 bridgehead atoms. The Hall–Kier alpha value is -2.74. The summed E-state index contributed by atoms with van der Waals surface area (Å²) in [6.45, 7) is -0.218. The minimum absolute atomic E-state index is 0.198. The lowest BCUT2D eigenvalue weighted by molar-refractivity contribution is 0.102. The van der Waals surface area contributed by atoms with Crippen LogP contribution in [0.3, 0.4) is 0 Å². The van der Waals surface area contributed by atoms with E-state index in [4.69, 9.17) is 28.3 Å². The van der Waals surface area contributed by atoms with Crippen LogP contribution >= 0.6 is 23.2 Å². The van der Waals surface area contributed by atoms with Gasteiger partial charge >= 0.3 is 0 Å². The molecule has 132 valence electrons. The van der Waals surface area contributed by atoms with Crippen molar-refractivity contribution in [2.24, 2.45) is 0 Å². The first-order valence-corrected chi connectivity index (χ1v) is 8.22. The van der Waals surface area contributed by atoms with E-state index in [1.807, 2.05) is 0 Å². The molecular formula is C17H13Cl2N5O2. The molecular weight excluding hydrogens is 377 g/mol. The van der Waals surface area contributed by atoms with Gasteiger partial charge in [-0.1, -0.05) is 29.3 Å². The number of carbonyl (C=O) groups is 1. The summed E-state index contributed by atoms with van der Waals surface area (Å²) in [5, 5.41) is 15.3. The number of nitrogens with one attached hydrogen (secondary N) is 2. The van der Waals surface area contributed by atoms with Gasteiger partial charge in [0.25, 0.3) is 5.91 Å². The van der Waals surface area contributed by atoms with E-state index < -0.39 is 5.91 Å². The van der Waals surface area contributed by atoms with Gasteiger partial charge in [0.15, 0.2) is 0 Å². The Labute approximate surface area is 159 Å². The summed E-state index contributed by atoms with van der Waals surface area (Å²) in [7, 11) is 0. The van der Waals surface area contributed by atoms with Crippen molar-refractivity contribution in [1.82, 2.24) is 15.0 Å². The van der Waals surface area contributed by atoms with Crippen LogP contribution in [0.25, 0.3) is 0 Å². The molecule has 0 saturated heterocycles. The summed E-state index contributed by atoms with van der Waals surface area (Å²) < 4.78 is 0. The average molecular weight is 390 g/mol. The molecule has 2 heterocycles. The van der Waals surface area contributed by atoms with E-state index in [1.54, 1.807) is 30.3 Å². The topological polar surface area (TPSA) is 100 Å². The maximum absolute atomic E-state index is 12.4. The molecule has 3 aromatic rings. The van der Waals surface area contributed by atoms with Crippen LogP contribution in [0, 0.1) is 0 Å². The molecule has 3 rings (SSSR count). The Morgan fingerprint density at radius 3 is 2.62 bits per heavy atom. The second-order valence-electron chi connectivity index (χ2n) is 5.16. The van der Waals surface area contributed by atoms with E-state index in [-0.39, 0.29) is 22.2 Å². The minimum Gasteiger partial charge on any atom is -0.390 e. The third-order valence-corrected chi connectivity index (χ3v) is 3.94. The van der Waals surface area contributed by atoms with Crippen molar-refractivity contribution in [3.63, 3.8) is 0 Å². The van der Waals surface area contributed by atoms with Gasteiger partial charge in [-0.15, -0.1) is 0 Å². The van der Waals surface area contributed by atoms with Gasteiger partial charge in [0, 0.05) is 18.0 Å². The molecule has 9 heteroatoms. The number of halogens is 2. The van der Waals surface area contributed by atoms with Crippen LogP contribution < -0.4 is 10.6 Å². The van der Waals surface area contributed by atoms with Gasteiger partial charge in [-0.25, -0.2) is 9.97 Å². The van der Waals surface area contributed by atoms with Gasteiger partial charge in [-0.3, -0.25) is 9.78 Å². The molecule has 0 aliphatic rings. The lowest BCUT2D eigenvalue weighted by Gasteiger charge is -2.10. The standard InChI is InChI=1S/C17H13Cl2N5O2/c18-12-2-1-3-13(19)16(12)17(26)23-10-4-5-21-14(6-10)24-15-8-20-7-11(9-25)22-15/h1-8,25H,9H2,(H2,21,22,23,24,26). The number of rotatable bonds is 5. The fraction of sp³-hybridized carbons (Fsp3) is 0.0588. The van der Waals surface area contributed by atoms with Crippen LogP contribution in [-0.4, -0.2) is 26.0 Å². The highest BCUT2D eigenvalue weighted by molar-refractivity contribution is 6.40. The van der Waals surface area contributed by atoms with E-state index in [0.29, 0.717) is 23.0 Å². The van der Waals surface area contributed by atoms with Gasteiger partial charge in [0.05, 0.1) is 40.3 Å². The Bertz CT molecular complexity index is 932. The van der Waals surface area contributed by atoms with Gasteiger partial charge in [-0.2, -0.15) is 0 Å². The molecule has 0 saturated carbocycles. The largest absolute Gasteiger partial charge is 0.390 e. The number of pyridine rings is 1. The van der Waals surface area contributed by atoms with Gasteiger partial charge < -0.3 is 15.7 Å². The predicted octanol–water partition coefficient (Wildman–Crippen LogP) is 3.67. The molecule has 2 aromatic heterocycles. The molecule has 1 amide bonds. The number of anilines is 3. The van der Waals surface area contributed by atoms with Gasteiger partial charge in [0.2, 0.25) is 0 Å². The van der Waals surface area contributed by atoms with Gasteiger partial charge in [0.1, 0.15) is 11.6 Å². The van der Waals surface area contributed by atoms with Crippen LogP contribution in [0.2, 0.25) is 10.0 Å². The van der Waals surface area contributed by atoms with Gasteiger partial charge in [-0.05, 0) is 18.2 Å². The van der Waals surface area contributed by atoms with Crippen LogP contribution in [0.15, 0.2) is 48.9 Å². The molecule has 0 spiro atoms. The lowest BCUT2D eigenvalue weighted by atomic mass is 10.2. The van der Waals surface area contributed by atoms with E-state index in [0.717, 1.165) is 0 Å². The van der Waals surface area contributed by atoms with E-state index in [1.165, 1.54) is 18.6 Å². The van der Waals surface area contributed by atoms with E-state index >= 15 is 0 Å². The number of carbonyl (C=O) groups excluding carboxylic acids is 1. The monoisotopic (exact) mass is 389 g/mol. The SMILES string of the molecule is O=C(Nc1ccnc(Nc2cncc(CO)n2)c1)c1c(Cl)cccc1Cl. The van der Waals surface area contributed by atoms with Crippen molar-refractivity contribution in [2.75, 3.05) is 10.6 Å². The highest BCUT2D eigenvalue weighted by Crippen LogP contribution is 2.25. The smallest absolute Gasteiger partial charge is 0.258 e. The number of hydrogen-bond donors (Lipinski definition) is 3. The molecule has 0 fully saturated rings. The predicted molar refractivity (Wildman–Crippen MR) is 99.9 cm³/mol. The number of benzene rings is 1. The number of nitrogens with zero attached hydrogens (tertiary/aromatic N) is 3. The van der Waals surface area contributed by atoms with E-state index in [9.17, 15) is 4.79 Å². The summed E-state index contributed by atoms with van der Waals surface area (Å²) in [6, 6.07) is 8.10. The molecule has 7 nitrogen and oxygen atoms in total. The van der Waals surface area contributed by atoms with Crippen molar-refractivity contribution < 1.29 is 9.90 Å². The Kier molecular flexibility index (Phi) is 5.62. The quantitative estimate of drug-likeness (QED) is 0.615. The first-order chi connectivity index (χ1) is 12.6. The third kappa shape index (κ3) is 4.26. The lowest BCUT2D eigenvalue weighted by Crippen LogP contribution is -2.13. The van der Waals surface area contributed by atoms with Crippen LogP contribution in [0.1, 0.15) is 16.1 Å². The fourth-order valence-electron chi connectivity index (χ4n) is 2.16. The Morgan fingerprint density at radius 1 is 1.12 bits per heavy atom. The van der Waals surface area contributed by atoms with Crippen molar-refractivity contribution in [3.05, 3.63) is 70.2 Å². The van der Waals surface area contributed by atoms with Crippen LogP contribution in [0.4, 0.5) is 17.3 Å². The second kappa shape index (κ2) is 8.09. The van der Waals surface area contributed by atoms with Crippen molar-refractivity contribution in [3.8, 4) is 0 Å². The first-order valence-electron chi connectivity index (χ1n) is 7.47. The number of aliphatic hydroxyl groups is 1. The molecule has 0 atom stereocenters. The highest BCUT2D eigenvalue weighted by Gasteiger charge is 2.15. The molecule has 26 heavy (non-hydrogen) atoms. The Balaban J connectivity index is 1.78. The molecule has 0 aliphatic carbocycles. The maximum Gasteiger partial charge on any atom is 0.258 e. The van der Waals surface area contributed by atoms with Crippen molar-refractivity contribution in [1.29, 1.82) is 0 Å². The summed E-state index contributed by atoms with van der Waals surface area (Å²) in [5.41, 5.74) is 1.12. The number of amides is 1. The number of aliphatic hydroxyl groups excluding tert-OH is 1. The zero-order valence-corrected chi connectivity index (χ0v) is 14.8. The molecule has 1 aromatic carbocycles. The zero-order valence-electron chi connectivity index (χ0n) is 13.3. The summed E-state index contributed by atoms with van der Waals surface area (Å²) in [5.74, 6) is 0.430. The highest BCUT2D eigenvalue weighted by atomic mass is 35.5. The number of aromatic nitrogens is 3. The Morgan fingerprint density at radius 2 is 1.88 bits per heavy atom. The van der Waals surface area contributed by atoms with Crippen LogP contribution in [0.5, 0.6) is 0 Å². The van der Waals surface area contributed by atoms with Crippen molar-refractivity contribution >= 4 is 46.4 Å². The normalized spacial score (nSPS) is 10.4. The summed E-state index contributed by atoms with van der Waals surface area (Å²) in [4.78, 5) is 24.7. The average Bonchev–Trinajstić information content (AvgIpc) is 2.62. The zero-order chi connectivity index (χ0) is 18.5. The second-order valence-corrected chi connectivity index (χ2v) is 5.97. The molecule has 0 unspecified atom stereocenters. The summed E-state index contributed by atoms with van der Waals surface area (Å²) >= 11 is 12.1. The minimum atomic E-state index is -0.431. The maximum atomic E-state index is 12.4. The number of hydrogen-bond acceptors (Lipinski definition) is 6. The fourth-order valence-corrected chi connectivity index (χ4v) is 2.73. The first kappa shape index (κ1) is 18.1. The third-order valence-electron chi connectivity index (χ3n) is 3.31. The summed E-state index contributed by atoms with van der Waals surface area (Å²) in [6.07, 6.45) is 4.48. The molecule has 0 aliphatic heterocycles. The van der Waals surface area contributed by atoms with E-state index in [2.05, 4.69) is 25.6 Å². The molecule has 0 radical (unpaired) electrons. The van der Waals surface area contributed by atoms with Crippen molar-refractivity contribution in [2.45, 2.75) is 6.61 Å². The van der Waals surface area contributed by atoms with Crippen LogP contribution in [-0.2, 0) is 6.61 Å². The molecule has 3 N–H and O–H groups in total.